The normalized spacial score (nSPS) is 14.9. The van der Waals surface area contributed by atoms with Crippen LogP contribution in [-0.4, -0.2) is 42.1 Å². The van der Waals surface area contributed by atoms with Crippen molar-refractivity contribution in [1.29, 1.82) is 0 Å². The van der Waals surface area contributed by atoms with E-state index in [2.05, 4.69) is 4.90 Å². The van der Waals surface area contributed by atoms with E-state index in [1.54, 1.807) is 12.1 Å². The van der Waals surface area contributed by atoms with Crippen molar-refractivity contribution >= 4 is 11.6 Å². The van der Waals surface area contributed by atoms with Crippen molar-refractivity contribution in [2.45, 2.75) is 6.42 Å². The van der Waals surface area contributed by atoms with Gasteiger partial charge in [0.05, 0.1) is 6.42 Å². The molecule has 1 aliphatic rings. The molecule has 3 rings (SSSR count). The Morgan fingerprint density at radius 3 is 2.36 bits per heavy atom. The van der Waals surface area contributed by atoms with E-state index in [4.69, 9.17) is 0 Å². The Hall–Kier alpha value is -2.49. The summed E-state index contributed by atoms with van der Waals surface area (Å²) in [4.78, 5) is 16.5. The third-order valence-electron chi connectivity index (χ3n) is 4.03. The Bertz CT molecular complexity index is 635. The number of hydrogen-bond donors (Lipinski definition) is 1. The molecule has 4 heteroatoms. The smallest absolute Gasteiger partial charge is 0.227 e. The maximum atomic E-state index is 12.3. The predicted molar refractivity (Wildman–Crippen MR) is 87.0 cm³/mol. The van der Waals surface area contributed by atoms with Gasteiger partial charge in [-0.05, 0) is 17.7 Å². The SMILES string of the molecule is O=C(Cc1ccccc1)N1CCN(c2cccc(O)c2)CC1. The van der Waals surface area contributed by atoms with Crippen molar-refractivity contribution in [2.24, 2.45) is 0 Å². The molecule has 1 aliphatic heterocycles. The lowest BCUT2D eigenvalue weighted by atomic mass is 10.1. The lowest BCUT2D eigenvalue weighted by Gasteiger charge is -2.36. The van der Waals surface area contributed by atoms with Crippen LogP contribution in [0.2, 0.25) is 0 Å². The van der Waals surface area contributed by atoms with Gasteiger partial charge in [-0.15, -0.1) is 0 Å². The first kappa shape index (κ1) is 14.4. The number of rotatable bonds is 3. The molecule has 1 N–H and O–H groups in total. The highest BCUT2D eigenvalue weighted by Gasteiger charge is 2.21. The van der Waals surface area contributed by atoms with E-state index in [0.717, 1.165) is 37.4 Å². The molecular weight excluding hydrogens is 276 g/mol. The second-order valence-corrected chi connectivity index (χ2v) is 5.55. The molecule has 1 saturated heterocycles. The molecule has 2 aromatic rings. The molecule has 0 atom stereocenters. The molecule has 114 valence electrons. The Morgan fingerprint density at radius 2 is 1.68 bits per heavy atom. The number of amides is 1. The van der Waals surface area contributed by atoms with Crippen LogP contribution in [-0.2, 0) is 11.2 Å². The molecular formula is C18H20N2O2. The van der Waals surface area contributed by atoms with Crippen LogP contribution in [0.3, 0.4) is 0 Å². The molecule has 1 fully saturated rings. The molecule has 0 bridgehead atoms. The van der Waals surface area contributed by atoms with Crippen molar-refractivity contribution in [3.05, 3.63) is 60.2 Å². The highest BCUT2D eigenvalue weighted by Crippen LogP contribution is 2.21. The number of hydrogen-bond acceptors (Lipinski definition) is 3. The fourth-order valence-corrected chi connectivity index (χ4v) is 2.79. The fraction of sp³-hybridized carbons (Fsp3) is 0.278. The highest BCUT2D eigenvalue weighted by molar-refractivity contribution is 5.79. The number of anilines is 1. The summed E-state index contributed by atoms with van der Waals surface area (Å²) in [6.45, 7) is 3.04. The van der Waals surface area contributed by atoms with Crippen LogP contribution in [0.1, 0.15) is 5.56 Å². The van der Waals surface area contributed by atoms with Gasteiger partial charge in [0.1, 0.15) is 5.75 Å². The van der Waals surface area contributed by atoms with Crippen LogP contribution < -0.4 is 4.90 Å². The molecule has 1 amide bonds. The number of phenolic OH excluding ortho intramolecular Hbond substituents is 1. The lowest BCUT2D eigenvalue weighted by Crippen LogP contribution is -2.49. The minimum absolute atomic E-state index is 0.182. The van der Waals surface area contributed by atoms with Crippen molar-refractivity contribution < 1.29 is 9.90 Å². The zero-order chi connectivity index (χ0) is 15.4. The average molecular weight is 296 g/mol. The van der Waals surface area contributed by atoms with Gasteiger partial charge in [0.25, 0.3) is 0 Å². The molecule has 4 nitrogen and oxygen atoms in total. The Labute approximate surface area is 130 Å². The van der Waals surface area contributed by atoms with Gasteiger partial charge in [0.2, 0.25) is 5.91 Å². The largest absolute Gasteiger partial charge is 0.508 e. The van der Waals surface area contributed by atoms with Gasteiger partial charge in [0.15, 0.2) is 0 Å². The van der Waals surface area contributed by atoms with Crippen LogP contribution in [0, 0.1) is 0 Å². The summed E-state index contributed by atoms with van der Waals surface area (Å²) in [5.41, 5.74) is 2.07. The standard InChI is InChI=1S/C18H20N2O2/c21-17-8-4-7-16(14-17)19-9-11-20(12-10-19)18(22)13-15-5-2-1-3-6-15/h1-8,14,21H,9-13H2. The number of carbonyl (C=O) groups excluding carboxylic acids is 1. The van der Waals surface area contributed by atoms with Gasteiger partial charge in [-0.1, -0.05) is 36.4 Å². The monoisotopic (exact) mass is 296 g/mol. The van der Waals surface area contributed by atoms with Crippen molar-refractivity contribution in [3.8, 4) is 5.75 Å². The van der Waals surface area contributed by atoms with Gasteiger partial charge >= 0.3 is 0 Å². The van der Waals surface area contributed by atoms with Gasteiger partial charge < -0.3 is 14.9 Å². The minimum Gasteiger partial charge on any atom is -0.508 e. The zero-order valence-corrected chi connectivity index (χ0v) is 12.5. The highest BCUT2D eigenvalue weighted by atomic mass is 16.3. The number of phenols is 1. The van der Waals surface area contributed by atoms with Crippen LogP contribution >= 0.6 is 0 Å². The van der Waals surface area contributed by atoms with E-state index in [1.165, 1.54) is 0 Å². The second kappa shape index (κ2) is 6.52. The Kier molecular flexibility index (Phi) is 4.28. The number of aromatic hydroxyl groups is 1. The average Bonchev–Trinajstić information content (AvgIpc) is 2.56. The third-order valence-corrected chi connectivity index (χ3v) is 4.03. The summed E-state index contributed by atoms with van der Waals surface area (Å²) in [7, 11) is 0. The summed E-state index contributed by atoms with van der Waals surface area (Å²) >= 11 is 0. The van der Waals surface area contributed by atoms with Crippen LogP contribution in [0.4, 0.5) is 5.69 Å². The number of carbonyl (C=O) groups is 1. The second-order valence-electron chi connectivity index (χ2n) is 5.55. The Balaban J connectivity index is 1.56. The van der Waals surface area contributed by atoms with Crippen LogP contribution in [0.5, 0.6) is 5.75 Å². The maximum Gasteiger partial charge on any atom is 0.227 e. The van der Waals surface area contributed by atoms with Crippen molar-refractivity contribution in [3.63, 3.8) is 0 Å². The summed E-state index contributed by atoms with van der Waals surface area (Å²) in [6, 6.07) is 17.1. The number of piperazine rings is 1. The third kappa shape index (κ3) is 3.39. The van der Waals surface area contributed by atoms with Crippen molar-refractivity contribution in [2.75, 3.05) is 31.1 Å². The van der Waals surface area contributed by atoms with Crippen LogP contribution in [0.15, 0.2) is 54.6 Å². The summed E-state index contributed by atoms with van der Waals surface area (Å²) in [6.07, 6.45) is 0.465. The van der Waals surface area contributed by atoms with Gasteiger partial charge in [-0.2, -0.15) is 0 Å². The van der Waals surface area contributed by atoms with E-state index in [1.807, 2.05) is 47.4 Å². The topological polar surface area (TPSA) is 43.8 Å². The summed E-state index contributed by atoms with van der Waals surface area (Å²) in [5.74, 6) is 0.460. The van der Waals surface area contributed by atoms with E-state index in [0.29, 0.717) is 6.42 Å². The molecule has 0 saturated carbocycles. The van der Waals surface area contributed by atoms with Gasteiger partial charge in [-0.25, -0.2) is 0 Å². The van der Waals surface area contributed by atoms with E-state index in [-0.39, 0.29) is 11.7 Å². The zero-order valence-electron chi connectivity index (χ0n) is 12.5. The fourth-order valence-electron chi connectivity index (χ4n) is 2.79. The first-order valence-corrected chi connectivity index (χ1v) is 7.58. The first-order chi connectivity index (χ1) is 10.7. The van der Waals surface area contributed by atoms with E-state index >= 15 is 0 Å². The van der Waals surface area contributed by atoms with Crippen molar-refractivity contribution in [1.82, 2.24) is 4.90 Å². The van der Waals surface area contributed by atoms with Gasteiger partial charge in [-0.3, -0.25) is 4.79 Å². The van der Waals surface area contributed by atoms with Crippen LogP contribution in [0.25, 0.3) is 0 Å². The predicted octanol–water partition coefficient (Wildman–Crippen LogP) is 2.28. The molecule has 0 radical (unpaired) electrons. The van der Waals surface area contributed by atoms with Gasteiger partial charge in [0, 0.05) is 37.9 Å². The molecule has 2 aromatic carbocycles. The van der Waals surface area contributed by atoms with E-state index in [9.17, 15) is 9.90 Å². The van der Waals surface area contributed by atoms with E-state index < -0.39 is 0 Å². The molecule has 0 aromatic heterocycles. The Morgan fingerprint density at radius 1 is 0.955 bits per heavy atom. The molecule has 1 heterocycles. The summed E-state index contributed by atoms with van der Waals surface area (Å²) < 4.78 is 0. The summed E-state index contributed by atoms with van der Waals surface area (Å²) in [5, 5.41) is 9.56. The number of nitrogens with zero attached hydrogens (tertiary/aromatic N) is 2. The quantitative estimate of drug-likeness (QED) is 0.945. The lowest BCUT2D eigenvalue weighted by molar-refractivity contribution is -0.130. The maximum absolute atomic E-state index is 12.3. The minimum atomic E-state index is 0.182. The first-order valence-electron chi connectivity index (χ1n) is 7.58. The molecule has 0 aliphatic carbocycles. The molecule has 0 unspecified atom stereocenters. The molecule has 0 spiro atoms. The molecule has 22 heavy (non-hydrogen) atoms. The number of benzene rings is 2.